The molecular formula is C16H24IN3O. The van der Waals surface area contributed by atoms with Gasteiger partial charge in [0.05, 0.1) is 7.11 Å². The van der Waals surface area contributed by atoms with Crippen LogP contribution in [0.5, 0.6) is 5.75 Å². The quantitative estimate of drug-likeness (QED) is 0.460. The molecule has 0 aliphatic heterocycles. The fourth-order valence-corrected chi connectivity index (χ4v) is 3.67. The van der Waals surface area contributed by atoms with E-state index in [0.29, 0.717) is 11.4 Å². The molecule has 3 rings (SSSR count). The van der Waals surface area contributed by atoms with Gasteiger partial charge in [-0.3, -0.25) is 4.99 Å². The van der Waals surface area contributed by atoms with E-state index in [4.69, 9.17) is 10.5 Å². The molecule has 0 aromatic heterocycles. The summed E-state index contributed by atoms with van der Waals surface area (Å²) in [7, 11) is 1.66. The third-order valence-electron chi connectivity index (χ3n) is 4.81. The molecule has 116 valence electrons. The maximum absolute atomic E-state index is 6.00. The third kappa shape index (κ3) is 3.81. The lowest BCUT2D eigenvalue weighted by Crippen LogP contribution is -2.26. The zero-order chi connectivity index (χ0) is 14.0. The predicted molar refractivity (Wildman–Crippen MR) is 97.5 cm³/mol. The van der Waals surface area contributed by atoms with Gasteiger partial charge in [0.15, 0.2) is 5.96 Å². The maximum atomic E-state index is 6.00. The van der Waals surface area contributed by atoms with Gasteiger partial charge in [-0.2, -0.15) is 0 Å². The lowest BCUT2D eigenvalue weighted by Gasteiger charge is -2.24. The number of hydrogen-bond donors (Lipinski definition) is 2. The van der Waals surface area contributed by atoms with Crippen molar-refractivity contribution in [2.24, 2.45) is 22.1 Å². The van der Waals surface area contributed by atoms with E-state index in [2.05, 4.69) is 10.3 Å². The highest BCUT2D eigenvalue weighted by Crippen LogP contribution is 2.54. The summed E-state index contributed by atoms with van der Waals surface area (Å²) >= 11 is 0. The molecule has 2 bridgehead atoms. The molecule has 0 unspecified atom stereocenters. The number of benzene rings is 1. The van der Waals surface area contributed by atoms with Crippen LogP contribution in [0.2, 0.25) is 0 Å². The Morgan fingerprint density at radius 2 is 2.19 bits per heavy atom. The van der Waals surface area contributed by atoms with Gasteiger partial charge in [0.1, 0.15) is 5.75 Å². The maximum Gasteiger partial charge on any atom is 0.193 e. The van der Waals surface area contributed by atoms with Gasteiger partial charge in [0, 0.05) is 18.3 Å². The SMILES string of the molecule is COc1cccc(NC(N)=NCC23CCC(CC2)C3)c1.I. The molecule has 1 aromatic carbocycles. The minimum atomic E-state index is 0. The van der Waals surface area contributed by atoms with Gasteiger partial charge >= 0.3 is 0 Å². The Bertz CT molecular complexity index is 510. The van der Waals surface area contributed by atoms with Crippen molar-refractivity contribution in [2.45, 2.75) is 32.1 Å². The molecule has 2 saturated carbocycles. The second-order valence-electron chi connectivity index (χ2n) is 6.21. The minimum Gasteiger partial charge on any atom is -0.497 e. The first-order valence-electron chi connectivity index (χ1n) is 7.40. The monoisotopic (exact) mass is 401 g/mol. The molecule has 2 aliphatic carbocycles. The molecule has 2 aliphatic rings. The molecular weight excluding hydrogens is 377 g/mol. The Balaban J connectivity index is 0.00000161. The first-order valence-corrected chi connectivity index (χ1v) is 7.40. The average molecular weight is 401 g/mol. The van der Waals surface area contributed by atoms with Crippen molar-refractivity contribution in [2.75, 3.05) is 19.0 Å². The molecule has 21 heavy (non-hydrogen) atoms. The molecule has 5 heteroatoms. The van der Waals surface area contributed by atoms with E-state index in [-0.39, 0.29) is 24.0 Å². The van der Waals surface area contributed by atoms with Gasteiger partial charge in [-0.25, -0.2) is 0 Å². The first-order chi connectivity index (χ1) is 9.69. The number of methoxy groups -OCH3 is 1. The summed E-state index contributed by atoms with van der Waals surface area (Å²) in [6, 6.07) is 7.73. The highest BCUT2D eigenvalue weighted by atomic mass is 127. The predicted octanol–water partition coefficient (Wildman–Crippen LogP) is 3.62. The van der Waals surface area contributed by atoms with Crippen molar-refractivity contribution in [3.8, 4) is 5.75 Å². The summed E-state index contributed by atoms with van der Waals surface area (Å²) in [5.74, 6) is 2.27. The van der Waals surface area contributed by atoms with Crippen LogP contribution in [-0.2, 0) is 0 Å². The van der Waals surface area contributed by atoms with Crippen molar-refractivity contribution in [1.82, 2.24) is 0 Å². The second-order valence-corrected chi connectivity index (χ2v) is 6.21. The lowest BCUT2D eigenvalue weighted by atomic mass is 9.84. The molecule has 4 nitrogen and oxygen atoms in total. The summed E-state index contributed by atoms with van der Waals surface area (Å²) in [5, 5.41) is 3.14. The van der Waals surface area contributed by atoms with Crippen LogP contribution in [0.25, 0.3) is 0 Å². The van der Waals surface area contributed by atoms with Crippen LogP contribution in [0.4, 0.5) is 5.69 Å². The summed E-state index contributed by atoms with van der Waals surface area (Å²) in [5.41, 5.74) is 7.37. The van der Waals surface area contributed by atoms with E-state index >= 15 is 0 Å². The standard InChI is InChI=1S/C16H23N3O.HI/c1-20-14-4-2-3-13(9-14)19-15(17)18-11-16-7-5-12(10-16)6-8-16;/h2-4,9,12H,5-8,10-11H2,1H3,(H3,17,18,19);1H. The first kappa shape index (κ1) is 16.4. The van der Waals surface area contributed by atoms with Gasteiger partial charge in [0.2, 0.25) is 0 Å². The van der Waals surface area contributed by atoms with Gasteiger partial charge in [0.25, 0.3) is 0 Å². The van der Waals surface area contributed by atoms with E-state index < -0.39 is 0 Å². The molecule has 2 fully saturated rings. The largest absolute Gasteiger partial charge is 0.497 e. The topological polar surface area (TPSA) is 59.6 Å². The molecule has 3 N–H and O–H groups in total. The van der Waals surface area contributed by atoms with Crippen LogP contribution >= 0.6 is 24.0 Å². The minimum absolute atomic E-state index is 0. The molecule has 0 heterocycles. The van der Waals surface area contributed by atoms with E-state index in [1.807, 2.05) is 24.3 Å². The van der Waals surface area contributed by atoms with Crippen molar-refractivity contribution in [1.29, 1.82) is 0 Å². The molecule has 0 amide bonds. The second kappa shape index (κ2) is 6.85. The highest BCUT2D eigenvalue weighted by molar-refractivity contribution is 14.0. The molecule has 0 saturated heterocycles. The van der Waals surface area contributed by atoms with Crippen LogP contribution in [0, 0.1) is 11.3 Å². The average Bonchev–Trinajstić information content (AvgIpc) is 3.06. The summed E-state index contributed by atoms with van der Waals surface area (Å²) in [6.07, 6.45) is 6.78. The third-order valence-corrected chi connectivity index (χ3v) is 4.81. The Hall–Kier alpha value is -0.980. The Morgan fingerprint density at radius 1 is 1.43 bits per heavy atom. The number of nitrogens with zero attached hydrogens (tertiary/aromatic N) is 1. The summed E-state index contributed by atoms with van der Waals surface area (Å²) in [6.45, 7) is 0.867. The molecule has 0 spiro atoms. The van der Waals surface area contributed by atoms with Gasteiger partial charge in [-0.15, -0.1) is 24.0 Å². The molecule has 1 aromatic rings. The van der Waals surface area contributed by atoms with E-state index in [9.17, 15) is 0 Å². The van der Waals surface area contributed by atoms with Crippen molar-refractivity contribution < 1.29 is 4.74 Å². The Labute approximate surface area is 143 Å². The zero-order valence-corrected chi connectivity index (χ0v) is 14.8. The molecule has 0 atom stereocenters. The zero-order valence-electron chi connectivity index (χ0n) is 12.5. The van der Waals surface area contributed by atoms with Crippen molar-refractivity contribution in [3.05, 3.63) is 24.3 Å². The lowest BCUT2D eigenvalue weighted by molar-refractivity contribution is 0.307. The number of anilines is 1. The van der Waals surface area contributed by atoms with Crippen molar-refractivity contribution >= 4 is 35.6 Å². The van der Waals surface area contributed by atoms with Crippen LogP contribution < -0.4 is 15.8 Å². The smallest absolute Gasteiger partial charge is 0.193 e. The number of nitrogens with two attached hydrogens (primary N) is 1. The van der Waals surface area contributed by atoms with E-state index in [1.54, 1.807) is 7.11 Å². The molecule has 0 radical (unpaired) electrons. The summed E-state index contributed by atoms with van der Waals surface area (Å²) < 4.78 is 5.20. The fourth-order valence-electron chi connectivity index (χ4n) is 3.67. The fraction of sp³-hybridized carbons (Fsp3) is 0.562. The van der Waals surface area contributed by atoms with Crippen LogP contribution in [0.3, 0.4) is 0 Å². The van der Waals surface area contributed by atoms with Crippen LogP contribution in [0.1, 0.15) is 32.1 Å². The Morgan fingerprint density at radius 3 is 2.81 bits per heavy atom. The van der Waals surface area contributed by atoms with Gasteiger partial charge in [-0.05, 0) is 55.6 Å². The summed E-state index contributed by atoms with van der Waals surface area (Å²) in [4.78, 5) is 4.57. The van der Waals surface area contributed by atoms with Gasteiger partial charge < -0.3 is 15.8 Å². The normalized spacial score (nSPS) is 27.3. The Kier molecular flexibility index (Phi) is 5.35. The van der Waals surface area contributed by atoms with Gasteiger partial charge in [-0.1, -0.05) is 6.07 Å². The van der Waals surface area contributed by atoms with Crippen LogP contribution in [-0.4, -0.2) is 19.6 Å². The van der Waals surface area contributed by atoms with Crippen molar-refractivity contribution in [3.63, 3.8) is 0 Å². The number of rotatable bonds is 4. The number of hydrogen-bond acceptors (Lipinski definition) is 2. The van der Waals surface area contributed by atoms with E-state index in [0.717, 1.165) is 23.9 Å². The van der Waals surface area contributed by atoms with Crippen LogP contribution in [0.15, 0.2) is 29.3 Å². The highest BCUT2D eigenvalue weighted by Gasteiger charge is 2.44. The van der Waals surface area contributed by atoms with E-state index in [1.165, 1.54) is 32.1 Å². The number of fused-ring (bicyclic) bond motifs is 2. The number of halogens is 1. The number of nitrogens with one attached hydrogen (secondary N) is 1. The number of aliphatic imine (C=N–C) groups is 1. The number of guanidine groups is 1. The number of ether oxygens (including phenoxy) is 1.